The van der Waals surface area contributed by atoms with Crippen LogP contribution in [0.4, 0.5) is 4.39 Å². The van der Waals surface area contributed by atoms with Crippen LogP contribution in [-0.2, 0) is 6.42 Å². The fourth-order valence-electron chi connectivity index (χ4n) is 1.78. The lowest BCUT2D eigenvalue weighted by Gasteiger charge is -2.06. The van der Waals surface area contributed by atoms with Crippen molar-refractivity contribution in [2.24, 2.45) is 0 Å². The molecule has 19 heavy (non-hydrogen) atoms. The summed E-state index contributed by atoms with van der Waals surface area (Å²) in [7, 11) is 0. The second kappa shape index (κ2) is 5.72. The van der Waals surface area contributed by atoms with E-state index in [0.717, 1.165) is 11.6 Å². The quantitative estimate of drug-likeness (QED) is 0.739. The molecule has 0 aliphatic heterocycles. The Morgan fingerprint density at radius 1 is 1.16 bits per heavy atom. The number of carbonyl (C=O) groups excluding carboxylic acids is 1. The standard InChI is InChI=1S/C15H11Cl2FO/c1-9-2-3-10(13(17)6-9)7-15(19)12-5-4-11(16)8-14(12)18/h2-6,8H,7H2,1H3. The number of Topliss-reactive ketones (excluding diaryl/α,β-unsaturated/α-hetero) is 1. The number of benzene rings is 2. The van der Waals surface area contributed by atoms with Gasteiger partial charge in [-0.2, -0.15) is 0 Å². The molecule has 0 atom stereocenters. The van der Waals surface area contributed by atoms with Crippen molar-refractivity contribution in [2.75, 3.05) is 0 Å². The third kappa shape index (κ3) is 3.34. The molecule has 0 aliphatic carbocycles. The summed E-state index contributed by atoms with van der Waals surface area (Å²) in [5, 5.41) is 0.783. The minimum Gasteiger partial charge on any atom is -0.294 e. The second-order valence-corrected chi connectivity index (χ2v) is 5.16. The molecule has 4 heteroatoms. The zero-order chi connectivity index (χ0) is 14.0. The fourth-order valence-corrected chi connectivity index (χ4v) is 2.24. The van der Waals surface area contributed by atoms with E-state index in [0.29, 0.717) is 10.6 Å². The average molecular weight is 297 g/mol. The van der Waals surface area contributed by atoms with E-state index in [9.17, 15) is 9.18 Å². The summed E-state index contributed by atoms with van der Waals surface area (Å²) in [6.45, 7) is 1.91. The van der Waals surface area contributed by atoms with Gasteiger partial charge in [-0.25, -0.2) is 4.39 Å². The molecule has 0 aromatic heterocycles. The lowest BCUT2D eigenvalue weighted by atomic mass is 10.0. The summed E-state index contributed by atoms with van der Waals surface area (Å²) in [6.07, 6.45) is 0.0671. The van der Waals surface area contributed by atoms with Gasteiger partial charge in [-0.3, -0.25) is 4.79 Å². The Kier molecular flexibility index (Phi) is 4.23. The smallest absolute Gasteiger partial charge is 0.170 e. The molecule has 0 fully saturated rings. The highest BCUT2D eigenvalue weighted by molar-refractivity contribution is 6.31. The van der Waals surface area contributed by atoms with E-state index in [1.165, 1.54) is 12.1 Å². The predicted molar refractivity (Wildman–Crippen MR) is 75.6 cm³/mol. The monoisotopic (exact) mass is 296 g/mol. The predicted octanol–water partition coefficient (Wildman–Crippen LogP) is 4.87. The van der Waals surface area contributed by atoms with Crippen LogP contribution in [0.25, 0.3) is 0 Å². The molecule has 2 aromatic rings. The molecule has 1 nitrogen and oxygen atoms in total. The number of aryl methyl sites for hydroxylation is 1. The van der Waals surface area contributed by atoms with Gasteiger partial charge in [-0.1, -0.05) is 35.3 Å². The van der Waals surface area contributed by atoms with Crippen LogP contribution < -0.4 is 0 Å². The molecule has 98 valence electrons. The molecule has 0 bridgehead atoms. The fraction of sp³-hybridized carbons (Fsp3) is 0.133. The molecular weight excluding hydrogens is 286 g/mol. The van der Waals surface area contributed by atoms with E-state index in [2.05, 4.69) is 0 Å². The van der Waals surface area contributed by atoms with Gasteiger partial charge >= 0.3 is 0 Å². The first-order valence-corrected chi connectivity index (χ1v) is 6.46. The van der Waals surface area contributed by atoms with Crippen molar-refractivity contribution in [3.63, 3.8) is 0 Å². The first kappa shape index (κ1) is 14.0. The number of carbonyl (C=O) groups is 1. The van der Waals surface area contributed by atoms with Gasteiger partial charge in [-0.15, -0.1) is 0 Å². The molecule has 0 radical (unpaired) electrons. The first-order valence-electron chi connectivity index (χ1n) is 5.70. The van der Waals surface area contributed by atoms with Crippen molar-refractivity contribution in [3.05, 3.63) is 69.0 Å². The third-order valence-corrected chi connectivity index (χ3v) is 3.38. The van der Waals surface area contributed by atoms with Crippen molar-refractivity contribution in [2.45, 2.75) is 13.3 Å². The Hall–Kier alpha value is -1.38. The summed E-state index contributed by atoms with van der Waals surface area (Å²) in [5.41, 5.74) is 1.73. The van der Waals surface area contributed by atoms with E-state index in [1.807, 2.05) is 13.0 Å². The molecule has 0 unspecified atom stereocenters. The van der Waals surface area contributed by atoms with Crippen LogP contribution in [-0.4, -0.2) is 5.78 Å². The zero-order valence-corrected chi connectivity index (χ0v) is 11.7. The Labute approximate surface area is 121 Å². The SMILES string of the molecule is Cc1ccc(CC(=O)c2ccc(Cl)cc2F)c(Cl)c1. The maximum atomic E-state index is 13.6. The van der Waals surface area contributed by atoms with Gasteiger partial charge in [0.05, 0.1) is 5.56 Å². The van der Waals surface area contributed by atoms with E-state index in [1.54, 1.807) is 12.1 Å². The van der Waals surface area contributed by atoms with E-state index in [-0.39, 0.29) is 22.8 Å². The van der Waals surface area contributed by atoms with Gasteiger partial charge in [0.15, 0.2) is 5.78 Å². The molecule has 0 spiro atoms. The Morgan fingerprint density at radius 2 is 1.89 bits per heavy atom. The Balaban J connectivity index is 2.25. The minimum atomic E-state index is -0.610. The van der Waals surface area contributed by atoms with Crippen molar-refractivity contribution in [1.29, 1.82) is 0 Å². The number of rotatable bonds is 3. The summed E-state index contributed by atoms with van der Waals surface area (Å²) < 4.78 is 13.6. The number of hydrogen-bond donors (Lipinski definition) is 0. The van der Waals surface area contributed by atoms with Gasteiger partial charge in [0.2, 0.25) is 0 Å². The first-order chi connectivity index (χ1) is 8.97. The Morgan fingerprint density at radius 3 is 2.53 bits per heavy atom. The lowest BCUT2D eigenvalue weighted by molar-refractivity contribution is 0.0989. The molecule has 0 saturated heterocycles. The summed E-state index contributed by atoms with van der Waals surface area (Å²) >= 11 is 11.7. The van der Waals surface area contributed by atoms with Gasteiger partial charge in [0.1, 0.15) is 5.82 Å². The molecular formula is C15H11Cl2FO. The molecule has 2 aromatic carbocycles. The summed E-state index contributed by atoms with van der Waals surface area (Å²) in [5.74, 6) is -0.930. The van der Waals surface area contributed by atoms with Crippen LogP contribution in [0.5, 0.6) is 0 Å². The third-order valence-electron chi connectivity index (χ3n) is 2.79. The highest BCUT2D eigenvalue weighted by Gasteiger charge is 2.14. The molecule has 0 heterocycles. The van der Waals surface area contributed by atoms with E-state index >= 15 is 0 Å². The van der Waals surface area contributed by atoms with Crippen LogP contribution in [0.3, 0.4) is 0 Å². The lowest BCUT2D eigenvalue weighted by Crippen LogP contribution is -2.06. The minimum absolute atomic E-state index is 0.0287. The highest BCUT2D eigenvalue weighted by atomic mass is 35.5. The number of ketones is 1. The maximum absolute atomic E-state index is 13.6. The topological polar surface area (TPSA) is 17.1 Å². The van der Waals surface area contributed by atoms with Crippen molar-refractivity contribution in [1.82, 2.24) is 0 Å². The second-order valence-electron chi connectivity index (χ2n) is 4.32. The molecule has 0 N–H and O–H groups in total. The van der Waals surface area contributed by atoms with Crippen LogP contribution in [0, 0.1) is 12.7 Å². The molecule has 2 rings (SSSR count). The van der Waals surface area contributed by atoms with Crippen LogP contribution in [0.15, 0.2) is 36.4 Å². The maximum Gasteiger partial charge on any atom is 0.170 e. The normalized spacial score (nSPS) is 10.5. The van der Waals surface area contributed by atoms with Crippen molar-refractivity contribution < 1.29 is 9.18 Å². The number of hydrogen-bond acceptors (Lipinski definition) is 1. The zero-order valence-electron chi connectivity index (χ0n) is 10.2. The largest absolute Gasteiger partial charge is 0.294 e. The highest BCUT2D eigenvalue weighted by Crippen LogP contribution is 2.21. The van der Waals surface area contributed by atoms with Crippen molar-refractivity contribution in [3.8, 4) is 0 Å². The molecule has 0 saturated carbocycles. The van der Waals surface area contributed by atoms with Crippen molar-refractivity contribution >= 4 is 29.0 Å². The Bertz CT molecular complexity index is 638. The average Bonchev–Trinajstić information content (AvgIpc) is 2.32. The van der Waals surface area contributed by atoms with Crippen LogP contribution in [0.1, 0.15) is 21.5 Å². The van der Waals surface area contributed by atoms with Crippen LogP contribution in [0.2, 0.25) is 10.0 Å². The van der Waals surface area contributed by atoms with E-state index < -0.39 is 5.82 Å². The number of halogens is 3. The van der Waals surface area contributed by atoms with Crippen LogP contribution >= 0.6 is 23.2 Å². The summed E-state index contributed by atoms with van der Waals surface area (Å²) in [4.78, 5) is 12.0. The van der Waals surface area contributed by atoms with E-state index in [4.69, 9.17) is 23.2 Å². The molecule has 0 amide bonds. The van der Waals surface area contributed by atoms with Gasteiger partial charge < -0.3 is 0 Å². The van der Waals surface area contributed by atoms with Gasteiger partial charge in [0, 0.05) is 16.5 Å². The molecule has 0 aliphatic rings. The summed E-state index contributed by atoms with van der Waals surface area (Å²) in [6, 6.07) is 9.45. The van der Waals surface area contributed by atoms with Gasteiger partial charge in [-0.05, 0) is 42.3 Å². The van der Waals surface area contributed by atoms with Gasteiger partial charge in [0.25, 0.3) is 0 Å².